The number of nitrogens with one attached hydrogen (secondary N) is 1. The zero-order valence-corrected chi connectivity index (χ0v) is 13.3. The number of rotatable bonds is 6. The van der Waals surface area contributed by atoms with Gasteiger partial charge in [0.1, 0.15) is 5.56 Å². The van der Waals surface area contributed by atoms with Gasteiger partial charge in [-0.05, 0) is 19.1 Å². The highest BCUT2D eigenvalue weighted by Gasteiger charge is 2.29. The summed E-state index contributed by atoms with van der Waals surface area (Å²) in [6.07, 6.45) is -3.21. The van der Waals surface area contributed by atoms with E-state index in [2.05, 4.69) is 19.9 Å². The lowest BCUT2D eigenvalue weighted by Gasteiger charge is -2.32. The van der Waals surface area contributed by atoms with Crippen LogP contribution in [0.15, 0.2) is 18.3 Å². The van der Waals surface area contributed by atoms with Crippen LogP contribution in [-0.2, 0) is 4.74 Å². The number of nitrogens with zero attached hydrogens (tertiary/aromatic N) is 2. The Kier molecular flexibility index (Phi) is 6.38. The maximum Gasteiger partial charge on any atom is 0.422 e. The Morgan fingerprint density at radius 3 is 2.83 bits per heavy atom. The average molecular weight is 347 g/mol. The Morgan fingerprint density at radius 1 is 1.46 bits per heavy atom. The number of aromatic nitrogens is 1. The number of morpholine rings is 1. The van der Waals surface area contributed by atoms with Crippen molar-refractivity contribution >= 4 is 5.91 Å². The lowest BCUT2D eigenvalue weighted by molar-refractivity contribution is -0.154. The number of amides is 1. The van der Waals surface area contributed by atoms with Gasteiger partial charge in [0.15, 0.2) is 6.61 Å². The third kappa shape index (κ3) is 5.64. The Hall–Kier alpha value is -1.87. The van der Waals surface area contributed by atoms with E-state index < -0.39 is 18.7 Å². The number of hydrogen-bond donors (Lipinski definition) is 1. The van der Waals surface area contributed by atoms with Crippen LogP contribution in [-0.4, -0.2) is 67.5 Å². The molecular formula is C15H20F3N3O3. The standard InChI is InChI=1S/C15H20F3N3O3/c1-11(21-5-7-23-8-6-21)9-20-13(22)12-3-2-4-19-14(12)24-10-15(16,17)18/h2-4,11H,5-10H2,1H3,(H,20,22). The number of halogens is 3. The van der Waals surface area contributed by atoms with Crippen LogP contribution >= 0.6 is 0 Å². The van der Waals surface area contributed by atoms with Crippen molar-refractivity contribution in [3.05, 3.63) is 23.9 Å². The molecule has 1 unspecified atom stereocenters. The van der Waals surface area contributed by atoms with E-state index in [-0.39, 0.29) is 17.5 Å². The molecule has 2 heterocycles. The van der Waals surface area contributed by atoms with Crippen LogP contribution in [0.3, 0.4) is 0 Å². The topological polar surface area (TPSA) is 63.7 Å². The van der Waals surface area contributed by atoms with Gasteiger partial charge < -0.3 is 14.8 Å². The number of hydrogen-bond acceptors (Lipinski definition) is 5. The molecule has 1 aliphatic rings. The molecule has 0 radical (unpaired) electrons. The number of carbonyl (C=O) groups excluding carboxylic acids is 1. The minimum Gasteiger partial charge on any atom is -0.467 e. The largest absolute Gasteiger partial charge is 0.467 e. The molecule has 1 atom stereocenters. The molecule has 1 amide bonds. The molecule has 2 rings (SSSR count). The summed E-state index contributed by atoms with van der Waals surface area (Å²) >= 11 is 0. The van der Waals surface area contributed by atoms with Crippen LogP contribution in [0.25, 0.3) is 0 Å². The molecule has 1 aromatic heterocycles. The molecule has 1 N–H and O–H groups in total. The van der Waals surface area contributed by atoms with Gasteiger partial charge in [-0.1, -0.05) is 0 Å². The van der Waals surface area contributed by atoms with E-state index in [1.807, 2.05) is 6.92 Å². The third-order valence-corrected chi connectivity index (χ3v) is 3.62. The van der Waals surface area contributed by atoms with E-state index in [0.29, 0.717) is 19.8 Å². The summed E-state index contributed by atoms with van der Waals surface area (Å²) in [5.41, 5.74) is -0.0177. The summed E-state index contributed by atoms with van der Waals surface area (Å²) in [4.78, 5) is 18.1. The predicted molar refractivity (Wildman–Crippen MR) is 80.0 cm³/mol. The Balaban J connectivity index is 1.91. The zero-order chi connectivity index (χ0) is 17.6. The van der Waals surface area contributed by atoms with Crippen molar-refractivity contribution in [3.8, 4) is 5.88 Å². The van der Waals surface area contributed by atoms with Gasteiger partial charge in [0.05, 0.1) is 13.2 Å². The van der Waals surface area contributed by atoms with E-state index >= 15 is 0 Å². The monoisotopic (exact) mass is 347 g/mol. The zero-order valence-electron chi connectivity index (χ0n) is 13.3. The van der Waals surface area contributed by atoms with Crippen molar-refractivity contribution < 1.29 is 27.4 Å². The maximum atomic E-state index is 12.3. The van der Waals surface area contributed by atoms with Crippen molar-refractivity contribution in [2.75, 3.05) is 39.5 Å². The Labute approximate surface area is 137 Å². The smallest absolute Gasteiger partial charge is 0.422 e. The molecule has 1 fully saturated rings. The first-order valence-electron chi connectivity index (χ1n) is 7.61. The van der Waals surface area contributed by atoms with Gasteiger partial charge in [0.2, 0.25) is 5.88 Å². The van der Waals surface area contributed by atoms with E-state index in [9.17, 15) is 18.0 Å². The van der Waals surface area contributed by atoms with Crippen LogP contribution in [0, 0.1) is 0 Å². The molecule has 24 heavy (non-hydrogen) atoms. The van der Waals surface area contributed by atoms with Crippen LogP contribution in [0.1, 0.15) is 17.3 Å². The molecule has 0 aromatic carbocycles. The van der Waals surface area contributed by atoms with Gasteiger partial charge in [-0.25, -0.2) is 4.98 Å². The van der Waals surface area contributed by atoms with Gasteiger partial charge >= 0.3 is 6.18 Å². The van der Waals surface area contributed by atoms with Crippen molar-refractivity contribution in [2.24, 2.45) is 0 Å². The first-order chi connectivity index (χ1) is 11.4. The summed E-state index contributed by atoms with van der Waals surface area (Å²) < 4.78 is 46.7. The second-order valence-corrected chi connectivity index (χ2v) is 5.47. The summed E-state index contributed by atoms with van der Waals surface area (Å²) in [7, 11) is 0. The minimum absolute atomic E-state index is 0.0177. The van der Waals surface area contributed by atoms with Crippen molar-refractivity contribution in [1.82, 2.24) is 15.2 Å². The lowest BCUT2D eigenvalue weighted by atomic mass is 10.2. The first kappa shape index (κ1) is 18.5. The fourth-order valence-electron chi connectivity index (χ4n) is 2.31. The second kappa shape index (κ2) is 8.29. The lowest BCUT2D eigenvalue weighted by Crippen LogP contribution is -2.47. The molecule has 0 spiro atoms. The predicted octanol–water partition coefficient (Wildman–Crippen LogP) is 1.47. The second-order valence-electron chi connectivity index (χ2n) is 5.47. The molecule has 1 aliphatic heterocycles. The van der Waals surface area contributed by atoms with Gasteiger partial charge in [-0.2, -0.15) is 13.2 Å². The summed E-state index contributed by atoms with van der Waals surface area (Å²) in [5, 5.41) is 2.71. The highest BCUT2D eigenvalue weighted by atomic mass is 19.4. The van der Waals surface area contributed by atoms with Gasteiger partial charge in [-0.3, -0.25) is 9.69 Å². The van der Waals surface area contributed by atoms with Crippen LogP contribution < -0.4 is 10.1 Å². The molecule has 134 valence electrons. The SMILES string of the molecule is CC(CNC(=O)c1cccnc1OCC(F)(F)F)N1CCOCC1. The number of ether oxygens (including phenoxy) is 2. The molecule has 0 bridgehead atoms. The summed E-state index contributed by atoms with van der Waals surface area (Å²) in [6, 6.07) is 2.95. The fraction of sp³-hybridized carbons (Fsp3) is 0.600. The maximum absolute atomic E-state index is 12.3. The summed E-state index contributed by atoms with van der Waals surface area (Å²) in [6.45, 7) is 3.71. The van der Waals surface area contributed by atoms with E-state index in [4.69, 9.17) is 4.74 Å². The van der Waals surface area contributed by atoms with Crippen LogP contribution in [0.2, 0.25) is 0 Å². The Morgan fingerprint density at radius 2 is 2.17 bits per heavy atom. The first-order valence-corrected chi connectivity index (χ1v) is 7.61. The average Bonchev–Trinajstić information content (AvgIpc) is 2.58. The van der Waals surface area contributed by atoms with Gasteiger partial charge in [0.25, 0.3) is 5.91 Å². The normalized spacial score (nSPS) is 17.3. The quantitative estimate of drug-likeness (QED) is 0.844. The van der Waals surface area contributed by atoms with Crippen molar-refractivity contribution in [2.45, 2.75) is 19.1 Å². The molecular weight excluding hydrogens is 327 g/mol. The van der Waals surface area contributed by atoms with E-state index in [0.717, 1.165) is 13.1 Å². The highest BCUT2D eigenvalue weighted by Crippen LogP contribution is 2.20. The molecule has 0 saturated carbocycles. The van der Waals surface area contributed by atoms with E-state index in [1.54, 1.807) is 0 Å². The minimum atomic E-state index is -4.49. The summed E-state index contributed by atoms with van der Waals surface area (Å²) in [5.74, 6) is -0.841. The number of alkyl halides is 3. The van der Waals surface area contributed by atoms with Gasteiger partial charge in [-0.15, -0.1) is 0 Å². The number of carbonyl (C=O) groups is 1. The van der Waals surface area contributed by atoms with Crippen LogP contribution in [0.4, 0.5) is 13.2 Å². The van der Waals surface area contributed by atoms with Crippen molar-refractivity contribution in [3.63, 3.8) is 0 Å². The molecule has 9 heteroatoms. The number of pyridine rings is 1. The molecule has 1 saturated heterocycles. The molecule has 1 aromatic rings. The Bertz CT molecular complexity index is 548. The molecule has 0 aliphatic carbocycles. The van der Waals surface area contributed by atoms with Crippen LogP contribution in [0.5, 0.6) is 5.88 Å². The fourth-order valence-corrected chi connectivity index (χ4v) is 2.31. The molecule has 6 nitrogen and oxygen atoms in total. The van der Waals surface area contributed by atoms with Gasteiger partial charge in [0, 0.05) is 31.9 Å². The van der Waals surface area contributed by atoms with Crippen molar-refractivity contribution in [1.29, 1.82) is 0 Å². The van der Waals surface area contributed by atoms with E-state index in [1.165, 1.54) is 18.3 Å². The third-order valence-electron chi connectivity index (χ3n) is 3.62. The highest BCUT2D eigenvalue weighted by molar-refractivity contribution is 5.96.